The first-order valence-electron chi connectivity index (χ1n) is 5.17. The van der Waals surface area contributed by atoms with E-state index in [2.05, 4.69) is 11.9 Å². The lowest BCUT2D eigenvalue weighted by molar-refractivity contribution is -0.137. The molecule has 1 aromatic rings. The Hall–Kier alpha value is -1.97. The maximum absolute atomic E-state index is 11.2. The van der Waals surface area contributed by atoms with Gasteiger partial charge >= 0.3 is 5.97 Å². The number of anilines is 1. The molecule has 1 heterocycles. The van der Waals surface area contributed by atoms with E-state index in [1.54, 1.807) is 0 Å². The van der Waals surface area contributed by atoms with Gasteiger partial charge in [0.2, 0.25) is 0 Å². The highest BCUT2D eigenvalue weighted by Crippen LogP contribution is 2.21. The molecule has 0 aliphatic carbocycles. The van der Waals surface area contributed by atoms with E-state index in [-0.39, 0.29) is 0 Å². The molecule has 1 saturated heterocycles. The van der Waals surface area contributed by atoms with Gasteiger partial charge in [0.05, 0.1) is 0 Å². The zero-order valence-corrected chi connectivity index (χ0v) is 8.89. The number of para-hydroxylation sites is 1. The van der Waals surface area contributed by atoms with Crippen LogP contribution in [-0.4, -0.2) is 30.2 Å². The molecule has 84 valence electrons. The van der Waals surface area contributed by atoms with Crippen LogP contribution in [0, 0.1) is 0 Å². The van der Waals surface area contributed by atoms with E-state index < -0.39 is 12.0 Å². The van der Waals surface area contributed by atoms with E-state index in [9.17, 15) is 9.90 Å². The summed E-state index contributed by atoms with van der Waals surface area (Å²) in [5.74, 6) is -0.874. The van der Waals surface area contributed by atoms with Crippen LogP contribution in [0.5, 0.6) is 0 Å². The normalized spacial score (nSPS) is 20.4. The van der Waals surface area contributed by atoms with Crippen molar-refractivity contribution >= 4 is 11.7 Å². The van der Waals surface area contributed by atoms with Crippen molar-refractivity contribution in [2.45, 2.75) is 6.04 Å². The lowest BCUT2D eigenvalue weighted by atomic mass is 10.1. The van der Waals surface area contributed by atoms with E-state index >= 15 is 0 Å². The molecule has 1 aliphatic rings. The van der Waals surface area contributed by atoms with Crippen molar-refractivity contribution < 1.29 is 9.90 Å². The Morgan fingerprint density at radius 1 is 1.44 bits per heavy atom. The van der Waals surface area contributed by atoms with Crippen molar-refractivity contribution in [2.24, 2.45) is 0 Å². The molecule has 1 fully saturated rings. The van der Waals surface area contributed by atoms with E-state index in [1.165, 1.54) is 0 Å². The highest BCUT2D eigenvalue weighted by Gasteiger charge is 2.31. The molecule has 4 heteroatoms. The molecule has 4 nitrogen and oxygen atoms in total. The van der Waals surface area contributed by atoms with E-state index in [1.807, 2.05) is 35.2 Å². The van der Waals surface area contributed by atoms with Crippen LogP contribution in [0.3, 0.4) is 0 Å². The Bertz CT molecular complexity index is 403. The average molecular weight is 218 g/mol. The number of aliphatic carboxylic acids is 1. The van der Waals surface area contributed by atoms with Crippen molar-refractivity contribution in [1.29, 1.82) is 0 Å². The van der Waals surface area contributed by atoms with Crippen molar-refractivity contribution in [2.75, 3.05) is 18.0 Å². The van der Waals surface area contributed by atoms with Gasteiger partial charge in [0.1, 0.15) is 0 Å². The van der Waals surface area contributed by atoms with Crippen LogP contribution >= 0.6 is 0 Å². The summed E-state index contributed by atoms with van der Waals surface area (Å²) in [5, 5.41) is 12.2. The Morgan fingerprint density at radius 3 is 2.75 bits per heavy atom. The quantitative estimate of drug-likeness (QED) is 0.779. The average Bonchev–Trinajstić information content (AvgIpc) is 2.29. The Balaban J connectivity index is 2.31. The number of benzene rings is 1. The standard InChI is InChI=1S/C12H14N2O2/c1-9-11(12(15)16)14(8-7-13-9)10-5-3-2-4-6-10/h2-6,11,13H,1,7-8H2,(H,15,16). The molecule has 0 spiro atoms. The molecule has 2 N–H and O–H groups in total. The lowest BCUT2D eigenvalue weighted by Crippen LogP contribution is -2.53. The van der Waals surface area contributed by atoms with Gasteiger partial charge in [-0.25, -0.2) is 4.79 Å². The zero-order valence-electron chi connectivity index (χ0n) is 8.89. The number of carboxylic acids is 1. The zero-order chi connectivity index (χ0) is 11.5. The topological polar surface area (TPSA) is 52.6 Å². The minimum Gasteiger partial charge on any atom is -0.479 e. The van der Waals surface area contributed by atoms with Gasteiger partial charge in [0.25, 0.3) is 0 Å². The summed E-state index contributed by atoms with van der Waals surface area (Å²) in [6.07, 6.45) is 0. The third-order valence-electron chi connectivity index (χ3n) is 2.67. The first-order chi connectivity index (χ1) is 7.70. The molecule has 1 aliphatic heterocycles. The molecular formula is C12H14N2O2. The second kappa shape index (κ2) is 4.26. The number of carboxylic acid groups (broad SMARTS) is 1. The molecule has 0 bridgehead atoms. The van der Waals surface area contributed by atoms with Crippen LogP contribution in [0.2, 0.25) is 0 Å². The van der Waals surface area contributed by atoms with Gasteiger partial charge in [-0.05, 0) is 12.1 Å². The highest BCUT2D eigenvalue weighted by molar-refractivity contribution is 5.82. The summed E-state index contributed by atoms with van der Waals surface area (Å²) in [5.41, 5.74) is 1.46. The minimum atomic E-state index is -0.874. The maximum atomic E-state index is 11.2. The highest BCUT2D eigenvalue weighted by atomic mass is 16.4. The number of nitrogens with zero attached hydrogens (tertiary/aromatic N) is 1. The third kappa shape index (κ3) is 1.86. The monoisotopic (exact) mass is 218 g/mol. The van der Waals surface area contributed by atoms with Crippen LogP contribution in [0.15, 0.2) is 42.6 Å². The van der Waals surface area contributed by atoms with Crippen molar-refractivity contribution in [1.82, 2.24) is 5.32 Å². The number of carbonyl (C=O) groups is 1. The van der Waals surface area contributed by atoms with Crippen molar-refractivity contribution in [3.05, 3.63) is 42.6 Å². The Morgan fingerprint density at radius 2 is 2.12 bits per heavy atom. The van der Waals surface area contributed by atoms with Crippen LogP contribution in [0.4, 0.5) is 5.69 Å². The number of hydrogen-bond acceptors (Lipinski definition) is 3. The van der Waals surface area contributed by atoms with Gasteiger partial charge in [-0.1, -0.05) is 24.8 Å². The number of hydrogen-bond donors (Lipinski definition) is 2. The van der Waals surface area contributed by atoms with Gasteiger partial charge in [0, 0.05) is 24.5 Å². The van der Waals surface area contributed by atoms with E-state index in [4.69, 9.17) is 0 Å². The first-order valence-corrected chi connectivity index (χ1v) is 5.17. The van der Waals surface area contributed by atoms with E-state index in [0.717, 1.165) is 12.2 Å². The first kappa shape index (κ1) is 10.5. The maximum Gasteiger partial charge on any atom is 0.332 e. The van der Waals surface area contributed by atoms with Gasteiger partial charge in [-0.3, -0.25) is 0 Å². The summed E-state index contributed by atoms with van der Waals surface area (Å²) >= 11 is 0. The molecule has 1 aromatic carbocycles. The van der Waals surface area contributed by atoms with Crippen LogP contribution in [-0.2, 0) is 4.79 Å². The molecule has 2 rings (SSSR count). The summed E-state index contributed by atoms with van der Waals surface area (Å²) in [6, 6.07) is 8.86. The second-order valence-electron chi connectivity index (χ2n) is 3.72. The van der Waals surface area contributed by atoms with Crippen LogP contribution in [0.1, 0.15) is 0 Å². The molecule has 0 saturated carbocycles. The van der Waals surface area contributed by atoms with Gasteiger partial charge < -0.3 is 15.3 Å². The SMILES string of the molecule is C=C1NCCN(c2ccccc2)C1C(=O)O. The van der Waals surface area contributed by atoms with Crippen LogP contribution < -0.4 is 10.2 Å². The van der Waals surface area contributed by atoms with Crippen molar-refractivity contribution in [3.8, 4) is 0 Å². The van der Waals surface area contributed by atoms with Gasteiger partial charge in [0.15, 0.2) is 6.04 Å². The molecular weight excluding hydrogens is 204 g/mol. The number of piperazine rings is 1. The number of nitrogens with one attached hydrogen (secondary N) is 1. The fraction of sp³-hybridized carbons (Fsp3) is 0.250. The largest absolute Gasteiger partial charge is 0.479 e. The Kier molecular flexibility index (Phi) is 2.81. The van der Waals surface area contributed by atoms with Crippen LogP contribution in [0.25, 0.3) is 0 Å². The lowest BCUT2D eigenvalue weighted by Gasteiger charge is -2.36. The van der Waals surface area contributed by atoms with Gasteiger partial charge in [-0.15, -0.1) is 0 Å². The minimum absolute atomic E-state index is 0.544. The van der Waals surface area contributed by atoms with Crippen molar-refractivity contribution in [3.63, 3.8) is 0 Å². The summed E-state index contributed by atoms with van der Waals surface area (Å²) < 4.78 is 0. The third-order valence-corrected chi connectivity index (χ3v) is 2.67. The number of rotatable bonds is 2. The predicted octanol–water partition coefficient (Wildman–Crippen LogP) is 1.06. The predicted molar refractivity (Wildman–Crippen MR) is 62.4 cm³/mol. The molecule has 1 unspecified atom stereocenters. The molecule has 16 heavy (non-hydrogen) atoms. The second-order valence-corrected chi connectivity index (χ2v) is 3.72. The summed E-state index contributed by atoms with van der Waals surface area (Å²) in [4.78, 5) is 13.1. The van der Waals surface area contributed by atoms with Gasteiger partial charge in [-0.2, -0.15) is 0 Å². The summed E-state index contributed by atoms with van der Waals surface area (Å²) in [7, 11) is 0. The molecule has 1 atom stereocenters. The molecule has 0 aromatic heterocycles. The Labute approximate surface area is 94.2 Å². The fourth-order valence-electron chi connectivity index (χ4n) is 1.93. The molecule has 0 radical (unpaired) electrons. The smallest absolute Gasteiger partial charge is 0.332 e. The fourth-order valence-corrected chi connectivity index (χ4v) is 1.93. The molecule has 0 amide bonds. The van der Waals surface area contributed by atoms with E-state index in [0.29, 0.717) is 12.2 Å². The summed E-state index contributed by atoms with van der Waals surface area (Å²) in [6.45, 7) is 5.15.